The summed E-state index contributed by atoms with van der Waals surface area (Å²) in [5.41, 5.74) is 2.95. The first-order valence-electron chi connectivity index (χ1n) is 10.1. The van der Waals surface area contributed by atoms with Crippen LogP contribution in [0.1, 0.15) is 22.4 Å². The number of aromatic nitrogens is 2. The minimum atomic E-state index is -1.21. The first-order chi connectivity index (χ1) is 15.5. The maximum atomic E-state index is 12.7. The van der Waals surface area contributed by atoms with E-state index in [1.807, 2.05) is 37.3 Å². The van der Waals surface area contributed by atoms with E-state index >= 15 is 0 Å². The summed E-state index contributed by atoms with van der Waals surface area (Å²) in [5.74, 6) is -0.710. The van der Waals surface area contributed by atoms with E-state index in [4.69, 9.17) is 4.65 Å². The number of benzene rings is 1. The highest BCUT2D eigenvalue weighted by Gasteiger charge is 2.37. The van der Waals surface area contributed by atoms with Gasteiger partial charge in [0.1, 0.15) is 11.4 Å². The molecule has 0 saturated heterocycles. The molecule has 1 amide bonds. The molecule has 2 aromatic heterocycles. The van der Waals surface area contributed by atoms with Gasteiger partial charge in [-0.1, -0.05) is 23.4 Å². The predicted molar refractivity (Wildman–Crippen MR) is 122 cm³/mol. The lowest BCUT2D eigenvalue weighted by Crippen LogP contribution is -2.54. The summed E-state index contributed by atoms with van der Waals surface area (Å²) in [5, 5.41) is 31.0. The normalized spacial score (nSPS) is 15.6. The van der Waals surface area contributed by atoms with Crippen LogP contribution in [0.4, 0.5) is 5.13 Å². The van der Waals surface area contributed by atoms with Crippen molar-refractivity contribution >= 4 is 35.2 Å². The predicted octanol–water partition coefficient (Wildman–Crippen LogP) is 1.82. The van der Waals surface area contributed by atoms with Crippen LogP contribution in [0.2, 0.25) is 0 Å². The highest BCUT2D eigenvalue weighted by molar-refractivity contribution is 7.14. The highest BCUT2D eigenvalue weighted by Crippen LogP contribution is 2.29. The molecule has 0 radical (unpaired) electrons. The quantitative estimate of drug-likeness (QED) is 0.187. The van der Waals surface area contributed by atoms with Gasteiger partial charge in [-0.05, 0) is 48.6 Å². The van der Waals surface area contributed by atoms with E-state index in [1.54, 1.807) is 17.8 Å². The topological polar surface area (TPSA) is 129 Å². The third kappa shape index (κ3) is 4.89. The number of rotatable bonds is 7. The number of pyridine rings is 1. The summed E-state index contributed by atoms with van der Waals surface area (Å²) in [7, 11) is -1.21. The Balaban J connectivity index is 1.37. The number of carbonyl (C=O) groups excluding carboxylic acids is 1. The molecule has 1 aromatic carbocycles. The van der Waals surface area contributed by atoms with E-state index in [9.17, 15) is 15.0 Å². The average molecular weight is 451 g/mol. The molecular weight excluding hydrogens is 429 g/mol. The first-order valence-corrected chi connectivity index (χ1v) is 11.0. The molecule has 0 fully saturated rings. The second kappa shape index (κ2) is 9.79. The van der Waals surface area contributed by atoms with Crippen molar-refractivity contribution in [3.8, 4) is 5.75 Å². The van der Waals surface area contributed by atoms with E-state index in [0.29, 0.717) is 23.8 Å². The second-order valence-corrected chi connectivity index (χ2v) is 8.23. The van der Waals surface area contributed by atoms with Crippen molar-refractivity contribution in [3.63, 3.8) is 0 Å². The van der Waals surface area contributed by atoms with E-state index in [-0.39, 0.29) is 11.4 Å². The molecule has 0 aliphatic carbocycles. The van der Waals surface area contributed by atoms with Gasteiger partial charge in [0.25, 0.3) is 5.91 Å². The fourth-order valence-corrected chi connectivity index (χ4v) is 4.21. The molecule has 9 nitrogen and oxygen atoms in total. The van der Waals surface area contributed by atoms with Gasteiger partial charge in [0.15, 0.2) is 10.8 Å². The lowest BCUT2D eigenvalue weighted by molar-refractivity contribution is -0.115. The molecule has 32 heavy (non-hydrogen) atoms. The molecule has 164 valence electrons. The summed E-state index contributed by atoms with van der Waals surface area (Å²) >= 11 is 1.30. The molecule has 11 heteroatoms. The number of anilines is 1. The maximum Gasteiger partial charge on any atom is 0.547 e. The zero-order chi connectivity index (χ0) is 22.5. The lowest BCUT2D eigenvalue weighted by atomic mass is 9.72. The third-order valence-electron chi connectivity index (χ3n) is 5.13. The average Bonchev–Trinajstić information content (AvgIpc) is 3.25. The van der Waals surface area contributed by atoms with Gasteiger partial charge in [-0.25, -0.2) is 4.98 Å². The van der Waals surface area contributed by atoms with Gasteiger partial charge in [-0.15, -0.1) is 11.3 Å². The van der Waals surface area contributed by atoms with Crippen LogP contribution in [-0.4, -0.2) is 51.4 Å². The summed E-state index contributed by atoms with van der Waals surface area (Å²) in [4.78, 5) is 21.1. The third-order valence-corrected chi connectivity index (χ3v) is 5.93. The van der Waals surface area contributed by atoms with Crippen LogP contribution in [0.5, 0.6) is 5.75 Å². The Hall–Kier alpha value is -3.44. The zero-order valence-corrected chi connectivity index (χ0v) is 18.2. The Morgan fingerprint density at radius 2 is 2.16 bits per heavy atom. The summed E-state index contributed by atoms with van der Waals surface area (Å²) in [6.45, 7) is 2.55. The van der Waals surface area contributed by atoms with E-state index in [0.717, 1.165) is 23.1 Å². The Morgan fingerprint density at radius 3 is 2.94 bits per heavy atom. The fourth-order valence-electron chi connectivity index (χ4n) is 3.48. The number of nitrogens with one attached hydrogen (secondary N) is 2. The number of hydrogen-bond donors (Lipinski definition) is 4. The monoisotopic (exact) mass is 451 g/mol. The van der Waals surface area contributed by atoms with Gasteiger partial charge in [0.05, 0.1) is 5.94 Å². The Morgan fingerprint density at radius 1 is 1.34 bits per heavy atom. The van der Waals surface area contributed by atoms with Crippen LogP contribution in [0.25, 0.3) is 0 Å². The van der Waals surface area contributed by atoms with Crippen molar-refractivity contribution in [1.29, 1.82) is 0 Å². The van der Waals surface area contributed by atoms with Crippen LogP contribution in [0.15, 0.2) is 53.3 Å². The minimum Gasteiger partial charge on any atom is -0.534 e. The molecule has 1 aliphatic heterocycles. The van der Waals surface area contributed by atoms with Crippen molar-refractivity contribution in [2.45, 2.75) is 25.7 Å². The largest absolute Gasteiger partial charge is 0.547 e. The maximum absolute atomic E-state index is 12.7. The van der Waals surface area contributed by atoms with Crippen molar-refractivity contribution in [2.24, 2.45) is 5.16 Å². The van der Waals surface area contributed by atoms with Gasteiger partial charge in [0, 0.05) is 24.3 Å². The second-order valence-electron chi connectivity index (χ2n) is 7.37. The van der Waals surface area contributed by atoms with Crippen molar-refractivity contribution in [2.75, 3.05) is 11.9 Å². The lowest BCUT2D eigenvalue weighted by Gasteiger charge is -2.29. The number of aryl methyl sites for hydroxylation is 1. The molecule has 0 spiro atoms. The van der Waals surface area contributed by atoms with E-state index in [2.05, 4.69) is 25.8 Å². The Kier molecular flexibility index (Phi) is 6.67. The van der Waals surface area contributed by atoms with Crippen molar-refractivity contribution < 1.29 is 19.7 Å². The first kappa shape index (κ1) is 21.8. The Labute approximate surface area is 189 Å². The van der Waals surface area contributed by atoms with Gasteiger partial charge in [-0.2, -0.15) is 0 Å². The smallest absolute Gasteiger partial charge is 0.534 e. The molecule has 0 saturated carbocycles. The van der Waals surface area contributed by atoms with Gasteiger partial charge in [0.2, 0.25) is 0 Å². The zero-order valence-electron chi connectivity index (χ0n) is 17.4. The molecule has 3 aromatic rings. The van der Waals surface area contributed by atoms with Gasteiger partial charge < -0.3 is 25.5 Å². The summed E-state index contributed by atoms with van der Waals surface area (Å²) in [6, 6.07) is 9.57. The van der Waals surface area contributed by atoms with Crippen molar-refractivity contribution in [3.05, 3.63) is 70.5 Å². The number of nitrogens with zero attached hydrogens (tertiary/aromatic N) is 3. The molecular formula is C21H22BN5O4S. The Bertz CT molecular complexity index is 1120. The fraction of sp³-hybridized carbons (Fsp3) is 0.238. The number of thiazole rings is 1. The molecule has 1 atom stereocenters. The van der Waals surface area contributed by atoms with Crippen molar-refractivity contribution in [1.82, 2.24) is 15.3 Å². The van der Waals surface area contributed by atoms with E-state index < -0.39 is 19.0 Å². The number of carbonyl (C=O) groups is 1. The molecule has 0 bridgehead atoms. The van der Waals surface area contributed by atoms with Crippen LogP contribution in [0, 0.1) is 6.92 Å². The minimum absolute atomic E-state index is 0.231. The molecule has 4 rings (SSSR count). The van der Waals surface area contributed by atoms with Crippen LogP contribution in [0.3, 0.4) is 0 Å². The highest BCUT2D eigenvalue weighted by atomic mass is 32.1. The van der Waals surface area contributed by atoms with Gasteiger partial charge in [-0.3, -0.25) is 9.78 Å². The number of amides is 1. The van der Waals surface area contributed by atoms with Crippen LogP contribution >= 0.6 is 11.3 Å². The van der Waals surface area contributed by atoms with Crippen LogP contribution < -0.4 is 15.3 Å². The summed E-state index contributed by atoms with van der Waals surface area (Å²) in [6.07, 6.45) is 4.67. The SMILES string of the molecule is Cc1cccc2c1OB(O)[C@@H](NC(=O)/C(=N\O)c1csc(NCCc3ccncc3)n1)C2. The number of hydrogen-bond acceptors (Lipinski definition) is 9. The standard InChI is InChI=1S/C21H22BN5O4S/c1-13-3-2-4-15-11-17(22(29)31-19(13)15)26-20(28)18(27-30)16-12-32-21(25-16)24-10-7-14-5-8-23-9-6-14/h2-6,8-9,12,17,29-30H,7,10-11H2,1H3,(H,24,25)(H,26,28)/b27-18-/t17-/m0/s1. The number of para-hydroxylation sites is 1. The number of oxime groups is 1. The summed E-state index contributed by atoms with van der Waals surface area (Å²) < 4.78 is 5.59. The molecule has 3 heterocycles. The van der Waals surface area contributed by atoms with Gasteiger partial charge >= 0.3 is 7.12 Å². The molecule has 1 aliphatic rings. The molecule has 4 N–H and O–H groups in total. The van der Waals surface area contributed by atoms with Crippen LogP contribution in [-0.2, 0) is 17.6 Å². The van der Waals surface area contributed by atoms with E-state index in [1.165, 1.54) is 11.3 Å². The molecule has 0 unspecified atom stereocenters. The number of fused-ring (bicyclic) bond motifs is 1.